The number of thiazole rings is 1. The summed E-state index contributed by atoms with van der Waals surface area (Å²) < 4.78 is 5.49. The number of ether oxygens (including phenoxy) is 1. The van der Waals surface area contributed by atoms with Crippen LogP contribution in [0.5, 0.6) is 5.75 Å². The molecule has 1 unspecified atom stereocenters. The number of aromatic nitrogens is 1. The Morgan fingerprint density at radius 2 is 2.39 bits per heavy atom. The van der Waals surface area contributed by atoms with Crippen LogP contribution in [0, 0.1) is 0 Å². The van der Waals surface area contributed by atoms with E-state index in [1.54, 1.807) is 42.8 Å². The number of hydrogen-bond donors (Lipinski definition) is 1. The SMILES string of the molecule is CC(Oc1cccc(Cl)c1)C(=O)Nc1nccs1. The highest BCUT2D eigenvalue weighted by atomic mass is 35.5. The van der Waals surface area contributed by atoms with Gasteiger partial charge in [0.15, 0.2) is 11.2 Å². The Labute approximate surface area is 114 Å². The van der Waals surface area contributed by atoms with Gasteiger partial charge in [-0.3, -0.25) is 10.1 Å². The fraction of sp³-hybridized carbons (Fsp3) is 0.167. The normalized spacial score (nSPS) is 11.9. The van der Waals surface area contributed by atoms with Crippen LogP contribution in [0.4, 0.5) is 5.13 Å². The molecule has 1 amide bonds. The second-order valence-electron chi connectivity index (χ2n) is 3.54. The molecular weight excluding hydrogens is 272 g/mol. The molecule has 4 nitrogen and oxygen atoms in total. The predicted molar refractivity (Wildman–Crippen MR) is 72.3 cm³/mol. The van der Waals surface area contributed by atoms with E-state index in [0.29, 0.717) is 15.9 Å². The first kappa shape index (κ1) is 12.9. The van der Waals surface area contributed by atoms with Crippen LogP contribution in [0.3, 0.4) is 0 Å². The van der Waals surface area contributed by atoms with Gasteiger partial charge in [0.25, 0.3) is 5.91 Å². The molecule has 1 aromatic heterocycles. The third kappa shape index (κ3) is 3.45. The van der Waals surface area contributed by atoms with Crippen molar-refractivity contribution in [3.8, 4) is 5.75 Å². The van der Waals surface area contributed by atoms with Crippen molar-refractivity contribution >= 4 is 34.0 Å². The van der Waals surface area contributed by atoms with Crippen molar-refractivity contribution in [2.75, 3.05) is 5.32 Å². The fourth-order valence-electron chi connectivity index (χ4n) is 1.29. The van der Waals surface area contributed by atoms with Crippen LogP contribution >= 0.6 is 22.9 Å². The standard InChI is InChI=1S/C12H11ClN2O2S/c1-8(11(16)15-12-14-5-6-18-12)17-10-4-2-3-9(13)7-10/h2-8H,1H3,(H,14,15,16). The maximum Gasteiger partial charge on any atom is 0.266 e. The third-order valence-electron chi connectivity index (χ3n) is 2.14. The smallest absolute Gasteiger partial charge is 0.266 e. The Balaban J connectivity index is 1.95. The van der Waals surface area contributed by atoms with Crippen LogP contribution in [0.25, 0.3) is 0 Å². The lowest BCUT2D eigenvalue weighted by Crippen LogP contribution is -2.30. The van der Waals surface area contributed by atoms with Gasteiger partial charge >= 0.3 is 0 Å². The lowest BCUT2D eigenvalue weighted by molar-refractivity contribution is -0.122. The number of benzene rings is 1. The topological polar surface area (TPSA) is 51.2 Å². The van der Waals surface area contributed by atoms with Gasteiger partial charge in [0.1, 0.15) is 5.75 Å². The number of carbonyl (C=O) groups is 1. The molecule has 0 aliphatic carbocycles. The van der Waals surface area contributed by atoms with Crippen LogP contribution in [-0.4, -0.2) is 17.0 Å². The molecule has 1 atom stereocenters. The quantitative estimate of drug-likeness (QED) is 0.937. The highest BCUT2D eigenvalue weighted by molar-refractivity contribution is 7.13. The van der Waals surface area contributed by atoms with Crippen LogP contribution in [0.15, 0.2) is 35.8 Å². The lowest BCUT2D eigenvalue weighted by Gasteiger charge is -2.13. The molecule has 0 saturated heterocycles. The first-order chi connectivity index (χ1) is 8.65. The van der Waals surface area contributed by atoms with Gasteiger partial charge in [0, 0.05) is 16.6 Å². The van der Waals surface area contributed by atoms with E-state index in [0.717, 1.165) is 0 Å². The summed E-state index contributed by atoms with van der Waals surface area (Å²) in [5.74, 6) is 0.314. The van der Waals surface area contributed by atoms with Gasteiger partial charge in [-0.25, -0.2) is 4.98 Å². The minimum atomic E-state index is -0.618. The van der Waals surface area contributed by atoms with Gasteiger partial charge in [-0.15, -0.1) is 11.3 Å². The molecule has 94 valence electrons. The van der Waals surface area contributed by atoms with Gasteiger partial charge in [0.2, 0.25) is 0 Å². The van der Waals surface area contributed by atoms with E-state index in [1.165, 1.54) is 11.3 Å². The van der Waals surface area contributed by atoms with Crippen molar-refractivity contribution in [2.24, 2.45) is 0 Å². The molecule has 0 bridgehead atoms. The fourth-order valence-corrected chi connectivity index (χ4v) is 2.00. The molecule has 0 aliphatic heterocycles. The third-order valence-corrected chi connectivity index (χ3v) is 3.06. The lowest BCUT2D eigenvalue weighted by atomic mass is 10.3. The van der Waals surface area contributed by atoms with Crippen molar-refractivity contribution in [3.05, 3.63) is 40.9 Å². The summed E-state index contributed by atoms with van der Waals surface area (Å²) in [6.07, 6.45) is 1.01. The molecule has 0 spiro atoms. The van der Waals surface area contributed by atoms with E-state index in [1.807, 2.05) is 0 Å². The largest absolute Gasteiger partial charge is 0.481 e. The summed E-state index contributed by atoms with van der Waals surface area (Å²) in [6, 6.07) is 6.92. The second-order valence-corrected chi connectivity index (χ2v) is 4.87. The maximum absolute atomic E-state index is 11.8. The second kappa shape index (κ2) is 5.84. The van der Waals surface area contributed by atoms with Crippen molar-refractivity contribution in [1.29, 1.82) is 0 Å². The number of anilines is 1. The Hall–Kier alpha value is -1.59. The number of nitrogens with zero attached hydrogens (tertiary/aromatic N) is 1. The average Bonchev–Trinajstić information content (AvgIpc) is 2.81. The van der Waals surface area contributed by atoms with Crippen molar-refractivity contribution < 1.29 is 9.53 Å². The van der Waals surface area contributed by atoms with Gasteiger partial charge in [-0.05, 0) is 25.1 Å². The average molecular weight is 283 g/mol. The molecule has 1 aromatic carbocycles. The van der Waals surface area contributed by atoms with Crippen LogP contribution in [-0.2, 0) is 4.79 Å². The zero-order valence-electron chi connectivity index (χ0n) is 9.59. The summed E-state index contributed by atoms with van der Waals surface area (Å²) in [6.45, 7) is 1.67. The first-order valence-electron chi connectivity index (χ1n) is 5.28. The van der Waals surface area contributed by atoms with Gasteiger partial charge in [-0.1, -0.05) is 17.7 Å². The minimum absolute atomic E-state index is 0.245. The van der Waals surface area contributed by atoms with E-state index in [-0.39, 0.29) is 5.91 Å². The Bertz CT molecular complexity index is 531. The number of amides is 1. The number of carbonyl (C=O) groups excluding carboxylic acids is 1. The monoisotopic (exact) mass is 282 g/mol. The highest BCUT2D eigenvalue weighted by Gasteiger charge is 2.15. The van der Waals surface area contributed by atoms with E-state index in [2.05, 4.69) is 10.3 Å². The molecule has 0 saturated carbocycles. The molecule has 18 heavy (non-hydrogen) atoms. The molecule has 0 fully saturated rings. The molecular formula is C12H11ClN2O2S. The molecule has 6 heteroatoms. The van der Waals surface area contributed by atoms with Gasteiger partial charge in [-0.2, -0.15) is 0 Å². The predicted octanol–water partition coefficient (Wildman–Crippen LogP) is 3.20. The van der Waals surface area contributed by atoms with Crippen LogP contribution < -0.4 is 10.1 Å². The summed E-state index contributed by atoms with van der Waals surface area (Å²) >= 11 is 7.19. The summed E-state index contributed by atoms with van der Waals surface area (Å²) in [7, 11) is 0. The number of rotatable bonds is 4. The molecule has 1 N–H and O–H groups in total. The van der Waals surface area contributed by atoms with E-state index >= 15 is 0 Å². The van der Waals surface area contributed by atoms with Crippen molar-refractivity contribution in [1.82, 2.24) is 4.98 Å². The van der Waals surface area contributed by atoms with E-state index < -0.39 is 6.10 Å². The maximum atomic E-state index is 11.8. The van der Waals surface area contributed by atoms with E-state index in [9.17, 15) is 4.79 Å². The molecule has 2 aromatic rings. The summed E-state index contributed by atoms with van der Waals surface area (Å²) in [5, 5.41) is 5.58. The van der Waals surface area contributed by atoms with Crippen molar-refractivity contribution in [2.45, 2.75) is 13.0 Å². The zero-order chi connectivity index (χ0) is 13.0. The van der Waals surface area contributed by atoms with Gasteiger partial charge < -0.3 is 4.74 Å². The molecule has 0 aliphatic rings. The first-order valence-corrected chi connectivity index (χ1v) is 6.53. The molecule has 2 rings (SSSR count). The Morgan fingerprint density at radius 3 is 3.06 bits per heavy atom. The Kier molecular flexibility index (Phi) is 4.17. The van der Waals surface area contributed by atoms with Crippen molar-refractivity contribution in [3.63, 3.8) is 0 Å². The number of hydrogen-bond acceptors (Lipinski definition) is 4. The minimum Gasteiger partial charge on any atom is -0.481 e. The molecule has 1 heterocycles. The van der Waals surface area contributed by atoms with E-state index in [4.69, 9.17) is 16.3 Å². The van der Waals surface area contributed by atoms with Crippen LogP contribution in [0.1, 0.15) is 6.92 Å². The Morgan fingerprint density at radius 1 is 1.56 bits per heavy atom. The zero-order valence-corrected chi connectivity index (χ0v) is 11.2. The highest BCUT2D eigenvalue weighted by Crippen LogP contribution is 2.19. The number of halogens is 1. The van der Waals surface area contributed by atoms with Gasteiger partial charge in [0.05, 0.1) is 0 Å². The molecule has 0 radical (unpaired) electrons. The summed E-state index contributed by atoms with van der Waals surface area (Å²) in [5.41, 5.74) is 0. The number of nitrogens with one attached hydrogen (secondary N) is 1. The van der Waals surface area contributed by atoms with Crippen LogP contribution in [0.2, 0.25) is 5.02 Å². The summed E-state index contributed by atoms with van der Waals surface area (Å²) in [4.78, 5) is 15.8.